The number of piperidine rings is 1. The highest BCUT2D eigenvalue weighted by atomic mass is 19.1. The van der Waals surface area contributed by atoms with Crippen LogP contribution in [0.4, 0.5) is 4.39 Å². The Morgan fingerprint density at radius 1 is 1.23 bits per heavy atom. The van der Waals surface area contributed by atoms with Crippen molar-refractivity contribution >= 4 is 5.91 Å². The second-order valence-corrected chi connectivity index (χ2v) is 7.81. The van der Waals surface area contributed by atoms with Gasteiger partial charge in [0.2, 0.25) is 11.7 Å². The summed E-state index contributed by atoms with van der Waals surface area (Å²) < 4.78 is 24.5. The Morgan fingerprint density at radius 3 is 2.67 bits per heavy atom. The summed E-state index contributed by atoms with van der Waals surface area (Å²) in [5, 5.41) is 7.07. The molecule has 1 N–H and O–H groups in total. The largest absolute Gasteiger partial charge is 0.459 e. The monoisotopic (exact) mass is 412 g/mol. The zero-order valence-electron chi connectivity index (χ0n) is 17.3. The molecule has 0 spiro atoms. The lowest BCUT2D eigenvalue weighted by Crippen LogP contribution is -2.45. The lowest BCUT2D eigenvalue weighted by atomic mass is 10.0. The first-order valence-corrected chi connectivity index (χ1v) is 10.1. The van der Waals surface area contributed by atoms with E-state index < -0.39 is 0 Å². The molecule has 30 heavy (non-hydrogen) atoms. The molecule has 1 atom stereocenters. The molecule has 1 amide bonds. The van der Waals surface area contributed by atoms with E-state index in [1.54, 1.807) is 25.1 Å². The van der Waals surface area contributed by atoms with Crippen molar-refractivity contribution in [2.24, 2.45) is 0 Å². The predicted octanol–water partition coefficient (Wildman–Crippen LogP) is 4.04. The Hall–Kier alpha value is -3.00. The summed E-state index contributed by atoms with van der Waals surface area (Å²) >= 11 is 0. The molecule has 7 nitrogen and oxygen atoms in total. The molecule has 0 bridgehead atoms. The minimum atomic E-state index is -0.291. The number of hydrogen-bond acceptors (Lipinski definition) is 6. The average Bonchev–Trinajstić information content (AvgIpc) is 3.39. The van der Waals surface area contributed by atoms with Crippen LogP contribution >= 0.6 is 0 Å². The molecule has 0 radical (unpaired) electrons. The molecule has 3 aromatic rings. The fourth-order valence-electron chi connectivity index (χ4n) is 3.70. The molecule has 1 saturated heterocycles. The lowest BCUT2D eigenvalue weighted by molar-refractivity contribution is 0.0854. The van der Waals surface area contributed by atoms with E-state index in [0.717, 1.165) is 31.5 Å². The van der Waals surface area contributed by atoms with Gasteiger partial charge in [-0.25, -0.2) is 4.39 Å². The van der Waals surface area contributed by atoms with Crippen LogP contribution in [0.15, 0.2) is 39.5 Å². The van der Waals surface area contributed by atoms with Crippen LogP contribution in [0.25, 0.3) is 11.4 Å². The number of carbonyl (C=O) groups excluding carboxylic acids is 1. The molecule has 0 aliphatic carbocycles. The first-order valence-electron chi connectivity index (χ1n) is 10.1. The van der Waals surface area contributed by atoms with Gasteiger partial charge in [0.25, 0.3) is 5.91 Å². The van der Waals surface area contributed by atoms with Gasteiger partial charge in [-0.05, 0) is 51.3 Å². The van der Waals surface area contributed by atoms with Gasteiger partial charge in [0.1, 0.15) is 5.82 Å². The van der Waals surface area contributed by atoms with Crippen LogP contribution in [0.1, 0.15) is 53.4 Å². The number of rotatable bonds is 5. The van der Waals surface area contributed by atoms with Crippen molar-refractivity contribution in [1.29, 1.82) is 0 Å². The number of hydrogen-bond donors (Lipinski definition) is 1. The van der Waals surface area contributed by atoms with Crippen molar-refractivity contribution in [2.45, 2.75) is 45.7 Å². The molecule has 3 heterocycles. The van der Waals surface area contributed by atoms with E-state index in [-0.39, 0.29) is 23.8 Å². The third-order valence-corrected chi connectivity index (χ3v) is 5.71. The van der Waals surface area contributed by atoms with E-state index in [1.807, 2.05) is 13.8 Å². The van der Waals surface area contributed by atoms with Crippen molar-refractivity contribution in [3.8, 4) is 11.4 Å². The minimum absolute atomic E-state index is 0.0643. The minimum Gasteiger partial charge on any atom is -0.459 e. The molecule has 4 rings (SSSR count). The van der Waals surface area contributed by atoms with Crippen molar-refractivity contribution in [1.82, 2.24) is 20.4 Å². The fraction of sp³-hybridized carbons (Fsp3) is 0.409. The summed E-state index contributed by atoms with van der Waals surface area (Å²) in [6.07, 6.45) is 3.16. The highest BCUT2D eigenvalue weighted by Crippen LogP contribution is 2.26. The third-order valence-electron chi connectivity index (χ3n) is 5.71. The molecular formula is C22H25FN4O3. The van der Waals surface area contributed by atoms with Crippen LogP contribution < -0.4 is 5.32 Å². The van der Waals surface area contributed by atoms with E-state index in [2.05, 4.69) is 20.4 Å². The molecule has 2 aromatic heterocycles. The Kier molecular flexibility index (Phi) is 5.67. The van der Waals surface area contributed by atoms with Gasteiger partial charge in [0.05, 0.1) is 12.3 Å². The second-order valence-electron chi connectivity index (χ2n) is 7.81. The van der Waals surface area contributed by atoms with E-state index in [0.29, 0.717) is 28.6 Å². The topological polar surface area (TPSA) is 84.4 Å². The van der Waals surface area contributed by atoms with Crippen LogP contribution in [0.3, 0.4) is 0 Å². The number of furan rings is 1. The molecular weight excluding hydrogens is 387 g/mol. The third kappa shape index (κ3) is 4.14. The van der Waals surface area contributed by atoms with Gasteiger partial charge >= 0.3 is 0 Å². The van der Waals surface area contributed by atoms with E-state index in [1.165, 1.54) is 12.3 Å². The van der Waals surface area contributed by atoms with Crippen molar-refractivity contribution in [3.63, 3.8) is 0 Å². The standard InChI is InChI=1S/C22H25FN4O3/c1-13-4-5-16(12-18(13)23)20-25-22(30-26-20)15(3)27-9-6-17(7-10-27)24-21(28)19-14(2)8-11-29-19/h4-5,8,11-12,15,17H,6-7,9-10H2,1-3H3,(H,24,28). The zero-order chi connectivity index (χ0) is 21.3. The van der Waals surface area contributed by atoms with Gasteiger partial charge in [0.15, 0.2) is 5.76 Å². The number of likely N-dealkylation sites (tertiary alicyclic amines) is 1. The van der Waals surface area contributed by atoms with Gasteiger partial charge < -0.3 is 14.3 Å². The van der Waals surface area contributed by atoms with E-state index >= 15 is 0 Å². The number of carbonyl (C=O) groups is 1. The maximum Gasteiger partial charge on any atom is 0.287 e. The number of benzene rings is 1. The maximum atomic E-state index is 13.8. The van der Waals surface area contributed by atoms with E-state index in [4.69, 9.17) is 8.94 Å². The summed E-state index contributed by atoms with van der Waals surface area (Å²) in [7, 11) is 0. The molecule has 1 aliphatic rings. The Bertz CT molecular complexity index is 1040. The van der Waals surface area contributed by atoms with Gasteiger partial charge in [0, 0.05) is 30.3 Å². The Labute approximate surface area is 174 Å². The zero-order valence-corrected chi connectivity index (χ0v) is 17.3. The van der Waals surface area contributed by atoms with Gasteiger partial charge in [-0.15, -0.1) is 0 Å². The lowest BCUT2D eigenvalue weighted by Gasteiger charge is -2.34. The molecule has 1 aromatic carbocycles. The van der Waals surface area contributed by atoms with Crippen LogP contribution in [0, 0.1) is 19.7 Å². The first kappa shape index (κ1) is 20.3. The highest BCUT2D eigenvalue weighted by molar-refractivity contribution is 5.92. The van der Waals surface area contributed by atoms with Crippen LogP contribution in [-0.4, -0.2) is 40.1 Å². The van der Waals surface area contributed by atoms with Gasteiger partial charge in [-0.2, -0.15) is 4.98 Å². The normalized spacial score (nSPS) is 16.5. The highest BCUT2D eigenvalue weighted by Gasteiger charge is 2.28. The molecule has 1 unspecified atom stereocenters. The van der Waals surface area contributed by atoms with E-state index in [9.17, 15) is 9.18 Å². The summed E-state index contributed by atoms with van der Waals surface area (Å²) in [6.45, 7) is 7.16. The molecule has 8 heteroatoms. The smallest absolute Gasteiger partial charge is 0.287 e. The van der Waals surface area contributed by atoms with Gasteiger partial charge in [-0.1, -0.05) is 17.3 Å². The SMILES string of the molecule is Cc1ccc(-c2noc(C(C)N3CCC(NC(=O)c4occc4C)CC3)n2)cc1F. The quantitative estimate of drug-likeness (QED) is 0.681. The number of halogens is 1. The number of aryl methyl sites for hydroxylation is 2. The Balaban J connectivity index is 1.35. The predicted molar refractivity (Wildman–Crippen MR) is 108 cm³/mol. The van der Waals surface area contributed by atoms with Crippen molar-refractivity contribution in [2.75, 3.05) is 13.1 Å². The molecule has 1 fully saturated rings. The summed E-state index contributed by atoms with van der Waals surface area (Å²) in [5.74, 6) is 0.791. The maximum absolute atomic E-state index is 13.8. The molecule has 1 aliphatic heterocycles. The first-order chi connectivity index (χ1) is 14.4. The van der Waals surface area contributed by atoms with Crippen molar-refractivity contribution in [3.05, 3.63) is 59.1 Å². The number of amides is 1. The summed E-state index contributed by atoms with van der Waals surface area (Å²) in [4.78, 5) is 19.0. The van der Waals surface area contributed by atoms with Gasteiger partial charge in [-0.3, -0.25) is 9.69 Å². The Morgan fingerprint density at radius 2 is 2.00 bits per heavy atom. The van der Waals surface area contributed by atoms with Crippen LogP contribution in [-0.2, 0) is 0 Å². The second kappa shape index (κ2) is 8.39. The summed E-state index contributed by atoms with van der Waals surface area (Å²) in [5.41, 5.74) is 2.00. The average molecular weight is 412 g/mol. The number of nitrogens with one attached hydrogen (secondary N) is 1. The fourth-order valence-corrected chi connectivity index (χ4v) is 3.70. The number of aromatic nitrogens is 2. The van der Waals surface area contributed by atoms with Crippen molar-refractivity contribution < 1.29 is 18.1 Å². The summed E-state index contributed by atoms with van der Waals surface area (Å²) in [6, 6.07) is 6.72. The van der Waals surface area contributed by atoms with Crippen LogP contribution in [0.5, 0.6) is 0 Å². The molecule has 158 valence electrons. The molecule has 0 saturated carbocycles. The number of nitrogens with zero attached hydrogens (tertiary/aromatic N) is 3. The van der Waals surface area contributed by atoms with Crippen LogP contribution in [0.2, 0.25) is 0 Å².